The van der Waals surface area contributed by atoms with Gasteiger partial charge in [0.1, 0.15) is 29.6 Å². The van der Waals surface area contributed by atoms with Crippen molar-refractivity contribution in [2.45, 2.75) is 51.8 Å². The molecule has 3 N–H and O–H groups in total. The summed E-state index contributed by atoms with van der Waals surface area (Å²) in [6.07, 6.45) is 0.992. The van der Waals surface area contributed by atoms with Crippen LogP contribution in [0.1, 0.15) is 39.7 Å². The molecule has 2 aromatic carbocycles. The number of nitriles is 1. The van der Waals surface area contributed by atoms with E-state index >= 15 is 0 Å². The summed E-state index contributed by atoms with van der Waals surface area (Å²) in [6.45, 7) is 7.58. The van der Waals surface area contributed by atoms with Gasteiger partial charge >= 0.3 is 0 Å². The minimum Gasteiger partial charge on any atom is -0.412 e. The Kier molecular flexibility index (Phi) is 7.71. The van der Waals surface area contributed by atoms with E-state index in [0.29, 0.717) is 16.9 Å². The summed E-state index contributed by atoms with van der Waals surface area (Å²) >= 11 is 0. The topological polar surface area (TPSA) is 124 Å². The fourth-order valence-electron chi connectivity index (χ4n) is 4.72. The van der Waals surface area contributed by atoms with Crippen molar-refractivity contribution in [1.29, 1.82) is 5.26 Å². The van der Waals surface area contributed by atoms with Crippen LogP contribution in [0, 0.1) is 29.0 Å². The Bertz CT molecular complexity index is 1300. The van der Waals surface area contributed by atoms with Crippen LogP contribution in [0.25, 0.3) is 11.1 Å². The molecule has 10 heteroatoms. The van der Waals surface area contributed by atoms with Crippen LogP contribution >= 0.6 is 0 Å². The average Bonchev–Trinajstić information content (AvgIpc) is 3.44. The fourth-order valence-corrected chi connectivity index (χ4v) is 4.72. The Hall–Kier alpha value is -3.94. The van der Waals surface area contributed by atoms with Crippen molar-refractivity contribution in [2.75, 3.05) is 6.54 Å². The summed E-state index contributed by atoms with van der Waals surface area (Å²) in [5, 5.41) is 19.9. The van der Waals surface area contributed by atoms with E-state index in [2.05, 4.69) is 11.0 Å². The first-order chi connectivity index (χ1) is 18.0. The number of aliphatic hydroxyl groups is 1. The molecule has 0 aromatic heterocycles. The summed E-state index contributed by atoms with van der Waals surface area (Å²) < 4.78 is 14.2. The normalized spacial score (nSPS) is 20.9. The van der Waals surface area contributed by atoms with Crippen molar-refractivity contribution in [1.82, 2.24) is 15.9 Å². The second-order valence-electron chi connectivity index (χ2n) is 10.5. The molecule has 1 fully saturated rings. The van der Waals surface area contributed by atoms with Gasteiger partial charge in [0, 0.05) is 18.5 Å². The van der Waals surface area contributed by atoms with Gasteiger partial charge in [-0.2, -0.15) is 10.7 Å². The Morgan fingerprint density at radius 3 is 2.66 bits per heavy atom. The molecule has 200 valence electrons. The van der Waals surface area contributed by atoms with Crippen molar-refractivity contribution in [3.63, 3.8) is 0 Å². The summed E-state index contributed by atoms with van der Waals surface area (Å²) in [4.78, 5) is 39.1. The minimum absolute atomic E-state index is 0.00891. The zero-order valence-electron chi connectivity index (χ0n) is 21.7. The number of carbonyl (C=O) groups is 2. The number of nitrogens with zero attached hydrogens (tertiary/aromatic N) is 2. The molecule has 0 aliphatic carbocycles. The molecule has 0 bridgehead atoms. The number of halogens is 1. The fraction of sp³-hybridized carbons (Fsp3) is 0.393. The van der Waals surface area contributed by atoms with E-state index in [9.17, 15) is 24.3 Å². The smallest absolute Gasteiger partial charge is 0.275 e. The predicted molar refractivity (Wildman–Crippen MR) is 136 cm³/mol. The van der Waals surface area contributed by atoms with E-state index in [-0.39, 0.29) is 36.1 Å². The standard InChI is InChI=1S/C28H31FN4O5/c1-16(2)25(24-13-28(3,4)32-38-24)27(36)33-15-19(34)12-22(33)26(35)31-37-23-10-9-17(11-18(23)14-30)20-7-5-6-8-21(20)29/h5-11,13,16,19,22,25,32,34H,12,15H2,1-4H3,(H,31,35)/t19-,22+,25-/m1/s1. The van der Waals surface area contributed by atoms with Crippen LogP contribution in [-0.4, -0.2) is 46.1 Å². The van der Waals surface area contributed by atoms with E-state index in [1.54, 1.807) is 24.3 Å². The number of carbonyl (C=O) groups excluding carboxylic acids is 2. The highest BCUT2D eigenvalue weighted by Crippen LogP contribution is 2.33. The van der Waals surface area contributed by atoms with E-state index in [1.165, 1.54) is 23.1 Å². The third kappa shape index (κ3) is 5.64. The van der Waals surface area contributed by atoms with Crippen molar-refractivity contribution in [3.05, 3.63) is 65.7 Å². The summed E-state index contributed by atoms with van der Waals surface area (Å²) in [7, 11) is 0. The lowest BCUT2D eigenvalue weighted by Gasteiger charge is -2.29. The molecule has 0 radical (unpaired) electrons. The lowest BCUT2D eigenvalue weighted by Crippen LogP contribution is -2.49. The van der Waals surface area contributed by atoms with Gasteiger partial charge in [-0.1, -0.05) is 38.1 Å². The van der Waals surface area contributed by atoms with Crippen LogP contribution in [0.3, 0.4) is 0 Å². The minimum atomic E-state index is -0.982. The van der Waals surface area contributed by atoms with E-state index < -0.39 is 35.3 Å². The molecule has 3 atom stereocenters. The molecule has 1 saturated heterocycles. The number of amides is 2. The largest absolute Gasteiger partial charge is 0.412 e. The maximum absolute atomic E-state index is 14.2. The van der Waals surface area contributed by atoms with E-state index in [0.717, 1.165) is 0 Å². The molecule has 0 spiro atoms. The molecule has 2 aliphatic heterocycles. The SMILES string of the molecule is CC(C)[C@@H](C(=O)N1C[C@H](O)C[C@H]1C(=O)NOc1ccc(-c2ccccc2F)cc1C#N)C1=CC(C)(C)NO1. The van der Waals surface area contributed by atoms with Gasteiger partial charge in [-0.05, 0) is 49.6 Å². The number of nitrogens with one attached hydrogen (secondary N) is 2. The zero-order chi connectivity index (χ0) is 27.6. The highest BCUT2D eigenvalue weighted by Gasteiger charge is 2.45. The van der Waals surface area contributed by atoms with Crippen LogP contribution < -0.4 is 15.8 Å². The summed E-state index contributed by atoms with van der Waals surface area (Å²) in [6, 6.07) is 11.7. The van der Waals surface area contributed by atoms with Crippen molar-refractivity contribution < 1.29 is 28.8 Å². The van der Waals surface area contributed by atoms with Gasteiger partial charge in [0.05, 0.1) is 17.2 Å². The maximum atomic E-state index is 14.2. The summed E-state index contributed by atoms with van der Waals surface area (Å²) in [5.74, 6) is -1.65. The quantitative estimate of drug-likeness (QED) is 0.477. The van der Waals surface area contributed by atoms with Crippen LogP contribution in [-0.2, 0) is 14.4 Å². The number of rotatable bonds is 7. The summed E-state index contributed by atoms with van der Waals surface area (Å²) in [5.41, 5.74) is 5.64. The highest BCUT2D eigenvalue weighted by atomic mass is 19.1. The number of hydroxylamine groups is 2. The third-order valence-corrected chi connectivity index (χ3v) is 6.59. The molecular weight excluding hydrogens is 491 g/mol. The van der Waals surface area contributed by atoms with Crippen LogP contribution in [0.4, 0.5) is 4.39 Å². The van der Waals surface area contributed by atoms with Gasteiger partial charge in [-0.15, -0.1) is 5.48 Å². The molecule has 2 heterocycles. The Labute approximate surface area is 220 Å². The monoisotopic (exact) mass is 522 g/mol. The number of benzene rings is 2. The first-order valence-corrected chi connectivity index (χ1v) is 12.4. The van der Waals surface area contributed by atoms with E-state index in [1.807, 2.05) is 39.8 Å². The molecule has 0 saturated carbocycles. The van der Waals surface area contributed by atoms with Gasteiger partial charge in [-0.3, -0.25) is 9.59 Å². The molecule has 0 unspecified atom stereocenters. The van der Waals surface area contributed by atoms with Gasteiger partial charge < -0.3 is 19.7 Å². The van der Waals surface area contributed by atoms with Gasteiger partial charge in [0.2, 0.25) is 5.91 Å². The molecule has 2 aliphatic rings. The van der Waals surface area contributed by atoms with E-state index in [4.69, 9.17) is 9.68 Å². The highest BCUT2D eigenvalue weighted by molar-refractivity contribution is 5.90. The molecule has 2 amide bonds. The van der Waals surface area contributed by atoms with Crippen LogP contribution in [0.5, 0.6) is 5.75 Å². The maximum Gasteiger partial charge on any atom is 0.275 e. The second-order valence-corrected chi connectivity index (χ2v) is 10.5. The lowest BCUT2D eigenvalue weighted by molar-refractivity contribution is -0.145. The number of hydrogen-bond acceptors (Lipinski definition) is 7. The molecule has 9 nitrogen and oxygen atoms in total. The molecule has 2 aromatic rings. The van der Waals surface area contributed by atoms with Gasteiger partial charge in [0.25, 0.3) is 5.91 Å². The van der Waals surface area contributed by atoms with Crippen molar-refractivity contribution in [2.24, 2.45) is 11.8 Å². The van der Waals surface area contributed by atoms with Crippen molar-refractivity contribution in [3.8, 4) is 22.9 Å². The first kappa shape index (κ1) is 27.1. The number of aliphatic hydroxyl groups excluding tert-OH is 1. The molecule has 4 rings (SSSR count). The number of hydrogen-bond donors (Lipinski definition) is 3. The van der Waals surface area contributed by atoms with Gasteiger partial charge in [-0.25, -0.2) is 4.39 Å². The van der Waals surface area contributed by atoms with Crippen LogP contribution in [0.15, 0.2) is 54.3 Å². The lowest BCUT2D eigenvalue weighted by atomic mass is 9.90. The predicted octanol–water partition coefficient (Wildman–Crippen LogP) is 3.21. The number of likely N-dealkylation sites (tertiary alicyclic amines) is 1. The Morgan fingerprint density at radius 2 is 2.03 bits per heavy atom. The average molecular weight is 523 g/mol. The van der Waals surface area contributed by atoms with Gasteiger partial charge in [0.15, 0.2) is 5.75 Å². The van der Waals surface area contributed by atoms with Crippen LogP contribution in [0.2, 0.25) is 0 Å². The first-order valence-electron chi connectivity index (χ1n) is 12.4. The second kappa shape index (κ2) is 10.8. The molecule has 38 heavy (non-hydrogen) atoms. The number of β-amino-alcohol motifs (C(OH)–C–C–N with tert-alkyl or cyclic N) is 1. The zero-order valence-corrected chi connectivity index (χ0v) is 21.7. The Balaban J connectivity index is 1.49. The van der Waals surface area contributed by atoms with Crippen molar-refractivity contribution >= 4 is 11.8 Å². The third-order valence-electron chi connectivity index (χ3n) is 6.59. The molecular formula is C28H31FN4O5. The Morgan fingerprint density at radius 1 is 1.29 bits per heavy atom.